The minimum absolute atomic E-state index is 0.328. The summed E-state index contributed by atoms with van der Waals surface area (Å²) in [4.78, 5) is 11.8. The summed E-state index contributed by atoms with van der Waals surface area (Å²) < 4.78 is 7.20. The van der Waals surface area contributed by atoms with Crippen molar-refractivity contribution in [3.63, 3.8) is 0 Å². The van der Waals surface area contributed by atoms with Crippen molar-refractivity contribution in [2.75, 3.05) is 6.54 Å². The highest BCUT2D eigenvalue weighted by Crippen LogP contribution is 2.25. The van der Waals surface area contributed by atoms with Gasteiger partial charge in [0.2, 0.25) is 0 Å². The molecule has 6 nitrogen and oxygen atoms in total. The Balaban J connectivity index is 1.79. The molecule has 130 valence electrons. The first-order chi connectivity index (χ1) is 10.8. The van der Waals surface area contributed by atoms with Crippen LogP contribution in [-0.4, -0.2) is 34.1 Å². The van der Waals surface area contributed by atoms with Crippen LogP contribution in [0.15, 0.2) is 6.20 Å². The highest BCUT2D eigenvalue weighted by molar-refractivity contribution is 5.67. The topological polar surface area (TPSA) is 68.2 Å². The second-order valence-corrected chi connectivity index (χ2v) is 7.44. The smallest absolute Gasteiger partial charge is 0.407 e. The Labute approximate surface area is 139 Å². The number of ether oxygens (including phenoxy) is 1. The Kier molecular flexibility index (Phi) is 5.68. The van der Waals surface area contributed by atoms with Gasteiger partial charge >= 0.3 is 6.09 Å². The number of alkyl carbamates (subject to hydrolysis) is 1. The highest BCUT2D eigenvalue weighted by atomic mass is 16.6. The highest BCUT2D eigenvalue weighted by Gasteiger charge is 2.28. The van der Waals surface area contributed by atoms with Gasteiger partial charge in [-0.15, -0.1) is 0 Å². The molecular weight excluding hydrogens is 292 g/mol. The lowest BCUT2D eigenvalue weighted by Crippen LogP contribution is -2.40. The van der Waals surface area contributed by atoms with E-state index in [2.05, 4.69) is 22.7 Å². The minimum Gasteiger partial charge on any atom is -0.444 e. The predicted octanol–water partition coefficient (Wildman–Crippen LogP) is 2.51. The van der Waals surface area contributed by atoms with Crippen LogP contribution in [0.2, 0.25) is 0 Å². The minimum atomic E-state index is -0.449. The van der Waals surface area contributed by atoms with Crippen LogP contribution < -0.4 is 10.6 Å². The van der Waals surface area contributed by atoms with E-state index in [0.29, 0.717) is 18.5 Å². The Morgan fingerprint density at radius 3 is 2.78 bits per heavy atom. The first kappa shape index (κ1) is 17.8. The lowest BCUT2D eigenvalue weighted by molar-refractivity contribution is 0.0517. The van der Waals surface area contributed by atoms with Gasteiger partial charge in [-0.2, -0.15) is 5.10 Å². The van der Waals surface area contributed by atoms with E-state index < -0.39 is 5.60 Å². The molecule has 0 spiro atoms. The molecule has 2 rings (SSSR count). The molecule has 1 fully saturated rings. The third-order valence-electron chi connectivity index (χ3n) is 4.46. The number of nitrogens with one attached hydrogen (secondary N) is 2. The lowest BCUT2D eigenvalue weighted by atomic mass is 10.0. The molecule has 0 aliphatic heterocycles. The van der Waals surface area contributed by atoms with E-state index in [4.69, 9.17) is 4.74 Å². The van der Waals surface area contributed by atoms with Gasteiger partial charge < -0.3 is 15.4 Å². The molecule has 2 N–H and O–H groups in total. The molecule has 6 heteroatoms. The maximum absolute atomic E-state index is 11.8. The fraction of sp³-hybridized carbons (Fsp3) is 0.765. The van der Waals surface area contributed by atoms with E-state index in [1.807, 2.05) is 38.7 Å². The van der Waals surface area contributed by atoms with Gasteiger partial charge in [-0.25, -0.2) is 4.79 Å². The van der Waals surface area contributed by atoms with Gasteiger partial charge in [0.25, 0.3) is 0 Å². The molecule has 1 amide bonds. The van der Waals surface area contributed by atoms with Crippen molar-refractivity contribution in [1.82, 2.24) is 20.4 Å². The number of aromatic nitrogens is 2. The summed E-state index contributed by atoms with van der Waals surface area (Å²) in [6.07, 6.45) is 5.08. The van der Waals surface area contributed by atoms with Crippen LogP contribution in [0.5, 0.6) is 0 Å². The summed E-state index contributed by atoms with van der Waals surface area (Å²) in [5, 5.41) is 10.8. The zero-order valence-corrected chi connectivity index (χ0v) is 15.0. The maximum atomic E-state index is 11.8. The molecule has 1 aliphatic carbocycles. The molecule has 1 aromatic rings. The van der Waals surface area contributed by atoms with Crippen molar-refractivity contribution in [1.29, 1.82) is 0 Å². The van der Waals surface area contributed by atoms with Crippen LogP contribution >= 0.6 is 0 Å². The van der Waals surface area contributed by atoms with Crippen LogP contribution in [0.25, 0.3) is 0 Å². The van der Waals surface area contributed by atoms with E-state index in [9.17, 15) is 4.79 Å². The van der Waals surface area contributed by atoms with Gasteiger partial charge in [-0.05, 0) is 46.5 Å². The number of aryl methyl sites for hydroxylation is 1. The van der Waals surface area contributed by atoms with E-state index in [0.717, 1.165) is 19.4 Å². The molecule has 1 heterocycles. The van der Waals surface area contributed by atoms with Gasteiger partial charge in [0.05, 0.1) is 6.20 Å². The second kappa shape index (κ2) is 7.34. The lowest BCUT2D eigenvalue weighted by Gasteiger charge is -2.23. The van der Waals surface area contributed by atoms with Crippen LogP contribution in [0.3, 0.4) is 0 Å². The van der Waals surface area contributed by atoms with Crippen molar-refractivity contribution in [2.24, 2.45) is 13.0 Å². The molecule has 2 atom stereocenters. The van der Waals surface area contributed by atoms with E-state index in [1.54, 1.807) is 0 Å². The summed E-state index contributed by atoms with van der Waals surface area (Å²) in [5.41, 5.74) is 1.98. The summed E-state index contributed by atoms with van der Waals surface area (Å²) >= 11 is 0. The van der Waals surface area contributed by atoms with Crippen LogP contribution in [-0.2, 0) is 18.3 Å². The summed E-state index contributed by atoms with van der Waals surface area (Å²) in [5.74, 6) is 0.458. The van der Waals surface area contributed by atoms with Crippen LogP contribution in [0.4, 0.5) is 4.79 Å². The standard InChI is InChI=1S/C17H30N4O2/c1-12-14(11-20-21(12)5)10-18-15-8-6-7-13(15)9-19-16(22)23-17(2,3)4/h11,13,15,18H,6-10H2,1-5H3,(H,19,22). The Morgan fingerprint density at radius 1 is 1.43 bits per heavy atom. The quantitative estimate of drug-likeness (QED) is 0.874. The van der Waals surface area contributed by atoms with E-state index in [-0.39, 0.29) is 6.09 Å². The van der Waals surface area contributed by atoms with Gasteiger partial charge in [0.1, 0.15) is 5.60 Å². The number of nitrogens with zero attached hydrogens (tertiary/aromatic N) is 2. The van der Waals surface area contributed by atoms with Crippen LogP contribution in [0.1, 0.15) is 51.3 Å². The number of rotatable bonds is 5. The van der Waals surface area contributed by atoms with E-state index >= 15 is 0 Å². The van der Waals surface area contributed by atoms with Crippen molar-refractivity contribution < 1.29 is 9.53 Å². The normalized spacial score (nSPS) is 21.4. The first-order valence-corrected chi connectivity index (χ1v) is 8.44. The molecule has 0 bridgehead atoms. The monoisotopic (exact) mass is 322 g/mol. The molecule has 0 saturated heterocycles. The number of hydrogen-bond donors (Lipinski definition) is 2. The third kappa shape index (κ3) is 5.23. The molecule has 0 aromatic carbocycles. The predicted molar refractivity (Wildman–Crippen MR) is 90.2 cm³/mol. The summed E-state index contributed by atoms with van der Waals surface area (Å²) in [6, 6.07) is 0.435. The Bertz CT molecular complexity index is 533. The van der Waals surface area contributed by atoms with Gasteiger partial charge in [-0.1, -0.05) is 6.42 Å². The van der Waals surface area contributed by atoms with Crippen molar-refractivity contribution in [2.45, 2.75) is 65.1 Å². The third-order valence-corrected chi connectivity index (χ3v) is 4.46. The van der Waals surface area contributed by atoms with Crippen molar-refractivity contribution in [3.8, 4) is 0 Å². The first-order valence-electron chi connectivity index (χ1n) is 8.44. The molecule has 1 saturated carbocycles. The van der Waals surface area contributed by atoms with Crippen LogP contribution in [0, 0.1) is 12.8 Å². The second-order valence-electron chi connectivity index (χ2n) is 7.44. The largest absolute Gasteiger partial charge is 0.444 e. The number of amides is 1. The molecule has 1 aromatic heterocycles. The molecule has 0 radical (unpaired) electrons. The Morgan fingerprint density at radius 2 is 2.17 bits per heavy atom. The Hall–Kier alpha value is -1.56. The summed E-state index contributed by atoms with van der Waals surface area (Å²) in [7, 11) is 1.96. The number of carbonyl (C=O) groups is 1. The van der Waals surface area contributed by atoms with Gasteiger partial charge in [0, 0.05) is 37.4 Å². The SMILES string of the molecule is Cc1c(CNC2CCCC2CNC(=O)OC(C)(C)C)cnn1C. The fourth-order valence-corrected chi connectivity index (χ4v) is 3.04. The van der Waals surface area contributed by atoms with Crippen molar-refractivity contribution >= 4 is 6.09 Å². The average molecular weight is 322 g/mol. The molecular formula is C17H30N4O2. The zero-order valence-electron chi connectivity index (χ0n) is 15.0. The van der Waals surface area contributed by atoms with Gasteiger partial charge in [0.15, 0.2) is 0 Å². The molecule has 23 heavy (non-hydrogen) atoms. The number of carbonyl (C=O) groups excluding carboxylic acids is 1. The van der Waals surface area contributed by atoms with E-state index in [1.165, 1.54) is 17.7 Å². The fourth-order valence-electron chi connectivity index (χ4n) is 3.04. The maximum Gasteiger partial charge on any atom is 0.407 e. The molecule has 2 unspecified atom stereocenters. The zero-order chi connectivity index (χ0) is 17.0. The van der Waals surface area contributed by atoms with Gasteiger partial charge in [-0.3, -0.25) is 4.68 Å². The van der Waals surface area contributed by atoms with Crippen molar-refractivity contribution in [3.05, 3.63) is 17.5 Å². The average Bonchev–Trinajstić information content (AvgIpc) is 3.01. The number of hydrogen-bond acceptors (Lipinski definition) is 4. The molecule has 1 aliphatic rings. The summed E-state index contributed by atoms with van der Waals surface area (Å²) in [6.45, 7) is 9.21.